The summed E-state index contributed by atoms with van der Waals surface area (Å²) in [4.78, 5) is 13.5. The molecule has 0 aromatic heterocycles. The lowest BCUT2D eigenvalue weighted by Crippen LogP contribution is -2.72. The predicted octanol–water partition coefficient (Wildman–Crippen LogP) is 1.55. The number of amides is 1. The lowest BCUT2D eigenvalue weighted by molar-refractivity contribution is -0.350. The van der Waals surface area contributed by atoms with Crippen LogP contribution in [0.2, 0.25) is 0 Å². The Hall–Kier alpha value is -1.15. The van der Waals surface area contributed by atoms with Crippen LogP contribution in [0.1, 0.15) is 27.7 Å². The fraction of sp³-hybridized carbons (Fsp3) is 0.833. The first kappa shape index (κ1) is 18.6. The molecule has 3 fully saturated rings. The second-order valence-corrected chi connectivity index (χ2v) is 8.41. The average Bonchev–Trinajstić information content (AvgIpc) is 2.73. The van der Waals surface area contributed by atoms with Crippen LogP contribution in [0.3, 0.4) is 0 Å². The Morgan fingerprint density at radius 1 is 1.24 bits per heavy atom. The number of carbonyl (C=O) groups excluding carboxylic acids is 1. The minimum absolute atomic E-state index is 0.356. The average molecular weight is 355 g/mol. The SMILES string of the molecule is C=C(C)[C@H]1[C@H](O)[C@H](OC(=O)N(C)C)[C@@]2(C)OC[C@@]13COC(C)(C)O[C@@H]32. The first-order valence-corrected chi connectivity index (χ1v) is 8.62. The lowest BCUT2D eigenvalue weighted by Gasteiger charge is -2.57. The maximum atomic E-state index is 12.2. The Kier molecular flexibility index (Phi) is 4.23. The molecule has 25 heavy (non-hydrogen) atoms. The second kappa shape index (κ2) is 5.67. The zero-order valence-corrected chi connectivity index (χ0v) is 15.9. The molecule has 6 atom stereocenters. The van der Waals surface area contributed by atoms with E-state index in [0.29, 0.717) is 13.2 Å². The fourth-order valence-corrected chi connectivity index (χ4v) is 4.60. The van der Waals surface area contributed by atoms with E-state index < -0.39 is 35.1 Å². The van der Waals surface area contributed by atoms with Gasteiger partial charge in [0.2, 0.25) is 0 Å². The van der Waals surface area contributed by atoms with Crippen molar-refractivity contribution in [1.82, 2.24) is 4.90 Å². The van der Waals surface area contributed by atoms with Gasteiger partial charge in [0.25, 0.3) is 0 Å². The summed E-state index contributed by atoms with van der Waals surface area (Å²) >= 11 is 0. The molecule has 1 N–H and O–H groups in total. The van der Waals surface area contributed by atoms with Crippen molar-refractivity contribution in [2.75, 3.05) is 27.3 Å². The van der Waals surface area contributed by atoms with Crippen molar-refractivity contribution in [3.05, 3.63) is 12.2 Å². The molecule has 2 heterocycles. The van der Waals surface area contributed by atoms with Crippen LogP contribution in [0.15, 0.2) is 12.2 Å². The van der Waals surface area contributed by atoms with Gasteiger partial charge in [0.15, 0.2) is 11.9 Å². The van der Waals surface area contributed by atoms with E-state index in [-0.39, 0.29) is 12.0 Å². The first-order valence-electron chi connectivity index (χ1n) is 8.62. The number of hydrogen-bond donors (Lipinski definition) is 1. The van der Waals surface area contributed by atoms with Crippen LogP contribution in [0.4, 0.5) is 4.79 Å². The van der Waals surface area contributed by atoms with Crippen LogP contribution < -0.4 is 0 Å². The predicted molar refractivity (Wildman–Crippen MR) is 90.0 cm³/mol. The Balaban J connectivity index is 2.05. The van der Waals surface area contributed by atoms with E-state index in [1.54, 1.807) is 14.1 Å². The summed E-state index contributed by atoms with van der Waals surface area (Å²) in [6.07, 6.45) is -2.72. The van der Waals surface area contributed by atoms with Gasteiger partial charge in [-0.3, -0.25) is 0 Å². The third-order valence-electron chi connectivity index (χ3n) is 5.74. The highest BCUT2D eigenvalue weighted by Gasteiger charge is 2.74. The van der Waals surface area contributed by atoms with E-state index in [1.807, 2.05) is 27.7 Å². The van der Waals surface area contributed by atoms with Crippen LogP contribution in [-0.2, 0) is 18.9 Å². The molecule has 0 unspecified atom stereocenters. The molecule has 7 nitrogen and oxygen atoms in total. The first-order chi connectivity index (χ1) is 11.4. The van der Waals surface area contributed by atoms with Crippen molar-refractivity contribution in [3.63, 3.8) is 0 Å². The molecule has 7 heteroatoms. The molecule has 3 rings (SSSR count). The highest BCUT2D eigenvalue weighted by Crippen LogP contribution is 2.60. The maximum absolute atomic E-state index is 12.2. The molecule has 0 radical (unpaired) electrons. The van der Waals surface area contributed by atoms with Crippen molar-refractivity contribution < 1.29 is 28.8 Å². The van der Waals surface area contributed by atoms with E-state index in [4.69, 9.17) is 18.9 Å². The number of hydrogen-bond acceptors (Lipinski definition) is 6. The Labute approximate surface area is 148 Å². The number of carbonyl (C=O) groups is 1. The van der Waals surface area contributed by atoms with E-state index in [1.165, 1.54) is 4.90 Å². The molecule has 142 valence electrons. The van der Waals surface area contributed by atoms with Crippen LogP contribution >= 0.6 is 0 Å². The molecule has 3 aliphatic rings. The standard InChI is InChI=1S/C18H29NO6/c1-10(2)11-12(20)13(24-15(21)19(6)7)17(5)14-18(11,9-23-17)8-22-16(3,4)25-14/h11-14,20H,1,8-9H2,2-7H3/t11-,12-,13-,14+,17+,18-/m0/s1. The zero-order valence-electron chi connectivity index (χ0n) is 15.9. The van der Waals surface area contributed by atoms with Crippen molar-refractivity contribution in [2.24, 2.45) is 11.3 Å². The summed E-state index contributed by atoms with van der Waals surface area (Å²) in [7, 11) is 3.20. The Bertz CT molecular complexity index is 590. The normalized spacial score (nSPS) is 44.8. The topological polar surface area (TPSA) is 77.5 Å². The number of ether oxygens (including phenoxy) is 4. The van der Waals surface area contributed by atoms with Gasteiger partial charge < -0.3 is 29.0 Å². The Morgan fingerprint density at radius 2 is 1.84 bits per heavy atom. The van der Waals surface area contributed by atoms with E-state index in [9.17, 15) is 9.90 Å². The van der Waals surface area contributed by atoms with E-state index in [2.05, 4.69) is 6.58 Å². The van der Waals surface area contributed by atoms with Crippen molar-refractivity contribution in [2.45, 2.75) is 57.4 Å². The highest BCUT2D eigenvalue weighted by atomic mass is 16.7. The summed E-state index contributed by atoms with van der Waals surface area (Å²) in [6.45, 7) is 12.2. The third-order valence-corrected chi connectivity index (χ3v) is 5.74. The smallest absolute Gasteiger partial charge is 0.409 e. The molecule has 0 spiro atoms. The molecule has 2 bridgehead atoms. The number of aliphatic hydroxyl groups is 1. The van der Waals surface area contributed by atoms with Gasteiger partial charge in [-0.25, -0.2) is 4.79 Å². The van der Waals surface area contributed by atoms with Crippen LogP contribution in [-0.4, -0.2) is 73.1 Å². The quantitative estimate of drug-likeness (QED) is 0.757. The Morgan fingerprint density at radius 3 is 2.40 bits per heavy atom. The molecular weight excluding hydrogens is 326 g/mol. The second-order valence-electron chi connectivity index (χ2n) is 8.41. The number of rotatable bonds is 2. The molecular formula is C18H29NO6. The summed E-state index contributed by atoms with van der Waals surface area (Å²) in [5, 5.41) is 11.1. The van der Waals surface area contributed by atoms with Gasteiger partial charge in [0.1, 0.15) is 17.8 Å². The lowest BCUT2D eigenvalue weighted by atomic mass is 9.57. The summed E-state index contributed by atoms with van der Waals surface area (Å²) in [6, 6.07) is 0. The summed E-state index contributed by atoms with van der Waals surface area (Å²) in [5.41, 5.74) is -0.711. The van der Waals surface area contributed by atoms with Gasteiger partial charge in [-0.15, -0.1) is 0 Å². The minimum atomic E-state index is -0.960. The van der Waals surface area contributed by atoms with Crippen molar-refractivity contribution >= 4 is 6.09 Å². The molecule has 0 aromatic carbocycles. The van der Waals surface area contributed by atoms with Crippen LogP contribution in [0, 0.1) is 11.3 Å². The molecule has 1 saturated carbocycles. The van der Waals surface area contributed by atoms with Gasteiger partial charge in [0, 0.05) is 20.0 Å². The summed E-state index contributed by atoms with van der Waals surface area (Å²) < 4.78 is 23.9. The molecule has 1 aliphatic carbocycles. The molecule has 1 amide bonds. The van der Waals surface area contributed by atoms with E-state index in [0.717, 1.165) is 5.57 Å². The third kappa shape index (κ3) is 2.60. The van der Waals surface area contributed by atoms with Crippen LogP contribution in [0.25, 0.3) is 0 Å². The van der Waals surface area contributed by atoms with Crippen LogP contribution in [0.5, 0.6) is 0 Å². The highest BCUT2D eigenvalue weighted by molar-refractivity contribution is 5.67. The largest absolute Gasteiger partial charge is 0.440 e. The van der Waals surface area contributed by atoms with Crippen molar-refractivity contribution in [3.8, 4) is 0 Å². The molecule has 2 saturated heterocycles. The monoisotopic (exact) mass is 355 g/mol. The molecule has 0 aromatic rings. The molecule has 2 aliphatic heterocycles. The zero-order chi connectivity index (χ0) is 18.8. The van der Waals surface area contributed by atoms with Gasteiger partial charge in [-0.1, -0.05) is 12.2 Å². The van der Waals surface area contributed by atoms with Gasteiger partial charge >= 0.3 is 6.09 Å². The number of nitrogens with zero attached hydrogens (tertiary/aromatic N) is 1. The maximum Gasteiger partial charge on any atom is 0.409 e. The summed E-state index contributed by atoms with van der Waals surface area (Å²) in [5.74, 6) is -1.13. The van der Waals surface area contributed by atoms with Gasteiger partial charge in [0.05, 0.1) is 18.6 Å². The minimum Gasteiger partial charge on any atom is -0.440 e. The fourth-order valence-electron chi connectivity index (χ4n) is 4.60. The van der Waals surface area contributed by atoms with Gasteiger partial charge in [-0.2, -0.15) is 0 Å². The van der Waals surface area contributed by atoms with Gasteiger partial charge in [-0.05, 0) is 27.7 Å². The number of aliphatic hydroxyl groups excluding tert-OH is 1. The van der Waals surface area contributed by atoms with Crippen molar-refractivity contribution in [1.29, 1.82) is 0 Å². The van der Waals surface area contributed by atoms with E-state index >= 15 is 0 Å².